The summed E-state index contributed by atoms with van der Waals surface area (Å²) in [5, 5.41) is 0. The molecule has 0 aromatic heterocycles. The second-order valence-electron chi connectivity index (χ2n) is 2.35. The number of nitrogens with two attached hydrogens (primary N) is 1. The van der Waals surface area contributed by atoms with E-state index in [0.717, 1.165) is 0 Å². The minimum Gasteiger partial charge on any atom is -0.325 e. The molecule has 0 bridgehead atoms. The second-order valence-corrected chi connectivity index (χ2v) is 2.35. The van der Waals surface area contributed by atoms with Crippen LogP contribution in [0.15, 0.2) is 0 Å². The summed E-state index contributed by atoms with van der Waals surface area (Å²) in [7, 11) is 0. The minimum absolute atomic E-state index is 0.368. The molecule has 2 N–H and O–H groups in total. The van der Waals surface area contributed by atoms with Gasteiger partial charge in [0.05, 0.1) is 0 Å². The molecule has 44 valence electrons. The molecule has 0 aliphatic rings. The zero-order valence-corrected chi connectivity index (χ0v) is 5.03. The maximum Gasteiger partial charge on any atom is 0.120 e. The first-order chi connectivity index (χ1) is 2.94. The standard InChI is InChI=1S/C5H12FN/c1-4(7)5(2,3)6/h4H,7H2,1-3H3/t4-/m0/s1. The summed E-state index contributed by atoms with van der Waals surface area (Å²) >= 11 is 0. The fourth-order valence-corrected chi connectivity index (χ4v) is 0. The molecular formula is C5H12FN. The first-order valence-electron chi connectivity index (χ1n) is 2.39. The molecule has 0 aromatic rings. The Balaban J connectivity index is 3.54. The van der Waals surface area contributed by atoms with Crippen LogP contribution in [0.5, 0.6) is 0 Å². The van der Waals surface area contributed by atoms with Gasteiger partial charge in [-0.2, -0.15) is 0 Å². The zero-order chi connectivity index (χ0) is 6.08. The van der Waals surface area contributed by atoms with Crippen LogP contribution in [-0.4, -0.2) is 11.7 Å². The summed E-state index contributed by atoms with van der Waals surface area (Å²) in [5.74, 6) is 0. The lowest BCUT2D eigenvalue weighted by atomic mass is 10.0. The smallest absolute Gasteiger partial charge is 0.120 e. The topological polar surface area (TPSA) is 26.0 Å². The molecule has 0 aromatic carbocycles. The summed E-state index contributed by atoms with van der Waals surface area (Å²) in [5.41, 5.74) is 3.97. The molecule has 0 spiro atoms. The predicted molar refractivity (Wildman–Crippen MR) is 28.8 cm³/mol. The summed E-state index contributed by atoms with van der Waals surface area (Å²) < 4.78 is 12.4. The largest absolute Gasteiger partial charge is 0.325 e. The zero-order valence-electron chi connectivity index (χ0n) is 5.03. The van der Waals surface area contributed by atoms with Gasteiger partial charge in [-0.05, 0) is 20.8 Å². The van der Waals surface area contributed by atoms with Gasteiger partial charge >= 0.3 is 0 Å². The van der Waals surface area contributed by atoms with Crippen LogP contribution in [0.3, 0.4) is 0 Å². The first-order valence-corrected chi connectivity index (χ1v) is 2.39. The van der Waals surface area contributed by atoms with Crippen LogP contribution in [-0.2, 0) is 0 Å². The maximum atomic E-state index is 12.4. The highest BCUT2D eigenvalue weighted by Gasteiger charge is 2.19. The Hall–Kier alpha value is -0.110. The highest BCUT2D eigenvalue weighted by atomic mass is 19.1. The van der Waals surface area contributed by atoms with Crippen LogP contribution in [0.25, 0.3) is 0 Å². The van der Waals surface area contributed by atoms with Gasteiger partial charge in [0.1, 0.15) is 5.67 Å². The van der Waals surface area contributed by atoms with Gasteiger partial charge in [0, 0.05) is 6.04 Å². The Bertz CT molecular complexity index is 53.6. The fourth-order valence-electron chi connectivity index (χ4n) is 0. The van der Waals surface area contributed by atoms with E-state index in [1.165, 1.54) is 13.8 Å². The van der Waals surface area contributed by atoms with Crippen molar-refractivity contribution in [2.75, 3.05) is 0 Å². The van der Waals surface area contributed by atoms with Crippen LogP contribution in [0, 0.1) is 0 Å². The van der Waals surface area contributed by atoms with Gasteiger partial charge < -0.3 is 5.73 Å². The van der Waals surface area contributed by atoms with Crippen LogP contribution >= 0.6 is 0 Å². The Morgan fingerprint density at radius 3 is 1.71 bits per heavy atom. The van der Waals surface area contributed by atoms with E-state index in [1.807, 2.05) is 0 Å². The monoisotopic (exact) mass is 105 g/mol. The highest BCUT2D eigenvalue weighted by molar-refractivity contribution is 4.75. The predicted octanol–water partition coefficient (Wildman–Crippen LogP) is 1.08. The van der Waals surface area contributed by atoms with E-state index in [0.29, 0.717) is 0 Å². The first kappa shape index (κ1) is 6.89. The minimum atomic E-state index is -1.22. The van der Waals surface area contributed by atoms with Gasteiger partial charge in [-0.3, -0.25) is 0 Å². The van der Waals surface area contributed by atoms with Gasteiger partial charge in [-0.1, -0.05) is 0 Å². The molecule has 0 heterocycles. The third-order valence-electron chi connectivity index (χ3n) is 1.08. The van der Waals surface area contributed by atoms with Crippen LogP contribution in [0.2, 0.25) is 0 Å². The Morgan fingerprint density at radius 1 is 1.57 bits per heavy atom. The molecule has 7 heavy (non-hydrogen) atoms. The van der Waals surface area contributed by atoms with E-state index in [9.17, 15) is 4.39 Å². The number of rotatable bonds is 1. The fraction of sp³-hybridized carbons (Fsp3) is 1.00. The lowest BCUT2D eigenvalue weighted by Crippen LogP contribution is -2.36. The lowest BCUT2D eigenvalue weighted by Gasteiger charge is -2.17. The van der Waals surface area contributed by atoms with Crippen molar-refractivity contribution >= 4 is 0 Å². The van der Waals surface area contributed by atoms with Crippen molar-refractivity contribution in [3.63, 3.8) is 0 Å². The molecule has 0 rings (SSSR count). The third kappa shape index (κ3) is 2.57. The van der Waals surface area contributed by atoms with Gasteiger partial charge in [-0.15, -0.1) is 0 Å². The average Bonchev–Trinajstić information content (AvgIpc) is 1.31. The molecule has 0 aliphatic heterocycles. The van der Waals surface area contributed by atoms with Crippen molar-refractivity contribution in [3.8, 4) is 0 Å². The molecule has 1 nitrogen and oxygen atoms in total. The van der Waals surface area contributed by atoms with Crippen molar-refractivity contribution < 1.29 is 4.39 Å². The van der Waals surface area contributed by atoms with Gasteiger partial charge in [0.15, 0.2) is 0 Å². The maximum absolute atomic E-state index is 12.4. The van der Waals surface area contributed by atoms with Gasteiger partial charge in [0.2, 0.25) is 0 Å². The quantitative estimate of drug-likeness (QED) is 0.530. The van der Waals surface area contributed by atoms with Crippen molar-refractivity contribution in [1.29, 1.82) is 0 Å². The molecule has 0 saturated heterocycles. The molecule has 0 saturated carbocycles. The van der Waals surface area contributed by atoms with E-state index < -0.39 is 5.67 Å². The number of hydrogen-bond donors (Lipinski definition) is 1. The van der Waals surface area contributed by atoms with Crippen molar-refractivity contribution in [2.24, 2.45) is 5.73 Å². The lowest BCUT2D eigenvalue weighted by molar-refractivity contribution is 0.182. The van der Waals surface area contributed by atoms with E-state index in [2.05, 4.69) is 0 Å². The van der Waals surface area contributed by atoms with Crippen LogP contribution < -0.4 is 5.73 Å². The number of alkyl halides is 1. The summed E-state index contributed by atoms with van der Waals surface area (Å²) in [4.78, 5) is 0. The average molecular weight is 105 g/mol. The number of halogens is 1. The Kier molecular flexibility index (Phi) is 1.75. The summed E-state index contributed by atoms with van der Waals surface area (Å²) in [6, 6.07) is -0.368. The van der Waals surface area contributed by atoms with E-state index in [-0.39, 0.29) is 6.04 Å². The van der Waals surface area contributed by atoms with E-state index in [1.54, 1.807) is 6.92 Å². The number of hydrogen-bond acceptors (Lipinski definition) is 1. The summed E-state index contributed by atoms with van der Waals surface area (Å²) in [6.45, 7) is 4.59. The van der Waals surface area contributed by atoms with Gasteiger partial charge in [0.25, 0.3) is 0 Å². The molecule has 0 fully saturated rings. The molecular weight excluding hydrogens is 93.1 g/mol. The third-order valence-corrected chi connectivity index (χ3v) is 1.08. The van der Waals surface area contributed by atoms with Gasteiger partial charge in [-0.25, -0.2) is 4.39 Å². The Labute approximate surface area is 43.7 Å². The van der Waals surface area contributed by atoms with E-state index in [4.69, 9.17) is 5.73 Å². The molecule has 1 atom stereocenters. The SMILES string of the molecule is C[C@H](N)C(C)(C)F. The van der Waals surface area contributed by atoms with Crippen LogP contribution in [0.4, 0.5) is 4.39 Å². The normalized spacial score (nSPS) is 16.7. The van der Waals surface area contributed by atoms with Crippen LogP contribution in [0.1, 0.15) is 20.8 Å². The molecule has 2 heteroatoms. The highest BCUT2D eigenvalue weighted by Crippen LogP contribution is 2.10. The van der Waals surface area contributed by atoms with Crippen molar-refractivity contribution in [1.82, 2.24) is 0 Å². The summed E-state index contributed by atoms with van der Waals surface area (Å²) in [6.07, 6.45) is 0. The van der Waals surface area contributed by atoms with Crippen molar-refractivity contribution in [3.05, 3.63) is 0 Å². The second kappa shape index (κ2) is 1.78. The van der Waals surface area contributed by atoms with E-state index >= 15 is 0 Å². The molecule has 0 aliphatic carbocycles. The molecule has 0 unspecified atom stereocenters. The van der Waals surface area contributed by atoms with Crippen molar-refractivity contribution in [2.45, 2.75) is 32.5 Å². The Morgan fingerprint density at radius 2 is 1.71 bits per heavy atom. The molecule has 0 radical (unpaired) electrons. The molecule has 0 amide bonds.